The van der Waals surface area contributed by atoms with Crippen LogP contribution in [0.15, 0.2) is 24.3 Å². The molecule has 1 aromatic carbocycles. The van der Waals surface area contributed by atoms with Crippen molar-refractivity contribution in [3.05, 3.63) is 29.8 Å². The first-order chi connectivity index (χ1) is 9.15. The lowest BCUT2D eigenvalue weighted by Gasteiger charge is -2.22. The van der Waals surface area contributed by atoms with Crippen LogP contribution in [0.25, 0.3) is 0 Å². The monoisotopic (exact) mass is 296 g/mol. The van der Waals surface area contributed by atoms with Gasteiger partial charge in [0.1, 0.15) is 0 Å². The minimum Gasteiger partial charge on any atom is -0.326 e. The molecule has 0 atom stereocenters. The molecular weight excluding hydrogens is 272 g/mol. The Labute approximate surface area is 127 Å². The van der Waals surface area contributed by atoms with Crippen LogP contribution in [0.2, 0.25) is 0 Å². The maximum absolute atomic E-state index is 12.0. The second-order valence-corrected chi connectivity index (χ2v) is 5.73. The van der Waals surface area contributed by atoms with Gasteiger partial charge in [0.05, 0.1) is 0 Å². The van der Waals surface area contributed by atoms with Gasteiger partial charge in [0.2, 0.25) is 5.91 Å². The Morgan fingerprint density at radius 3 is 2.70 bits per heavy atom. The molecular formula is C16H25ClN2O. The van der Waals surface area contributed by atoms with Gasteiger partial charge in [0.15, 0.2) is 0 Å². The van der Waals surface area contributed by atoms with E-state index < -0.39 is 0 Å². The Morgan fingerprint density at radius 2 is 2.05 bits per heavy atom. The molecule has 1 amide bonds. The van der Waals surface area contributed by atoms with Crippen LogP contribution in [-0.2, 0) is 4.79 Å². The predicted octanol–water partition coefficient (Wildman–Crippen LogP) is 3.56. The van der Waals surface area contributed by atoms with Crippen molar-refractivity contribution in [2.24, 2.45) is 5.92 Å². The van der Waals surface area contributed by atoms with Gasteiger partial charge in [-0.15, -0.1) is 12.4 Å². The fourth-order valence-electron chi connectivity index (χ4n) is 2.54. The van der Waals surface area contributed by atoms with Crippen molar-refractivity contribution in [3.8, 4) is 0 Å². The summed E-state index contributed by atoms with van der Waals surface area (Å²) in [6.07, 6.45) is 2.87. The van der Waals surface area contributed by atoms with Crippen LogP contribution in [0, 0.1) is 5.92 Å². The molecule has 0 saturated carbocycles. The first-order valence-electron chi connectivity index (χ1n) is 7.25. The third-order valence-electron chi connectivity index (χ3n) is 3.77. The first kappa shape index (κ1) is 17.0. The van der Waals surface area contributed by atoms with Crippen LogP contribution >= 0.6 is 12.4 Å². The highest BCUT2D eigenvalue weighted by molar-refractivity contribution is 5.90. The number of hydrogen-bond acceptors (Lipinski definition) is 2. The second-order valence-electron chi connectivity index (χ2n) is 5.73. The zero-order valence-corrected chi connectivity index (χ0v) is 13.1. The highest BCUT2D eigenvalue weighted by Crippen LogP contribution is 2.20. The van der Waals surface area contributed by atoms with Crippen molar-refractivity contribution in [2.75, 3.05) is 18.4 Å². The van der Waals surface area contributed by atoms with Crippen molar-refractivity contribution >= 4 is 24.0 Å². The molecule has 2 N–H and O–H groups in total. The highest BCUT2D eigenvalue weighted by Gasteiger charge is 2.16. The van der Waals surface area contributed by atoms with Gasteiger partial charge in [-0.05, 0) is 55.5 Å². The average Bonchev–Trinajstić information content (AvgIpc) is 2.40. The maximum Gasteiger partial charge on any atom is 0.224 e. The van der Waals surface area contributed by atoms with E-state index in [0.717, 1.165) is 31.6 Å². The number of halogens is 1. The van der Waals surface area contributed by atoms with Crippen molar-refractivity contribution in [1.82, 2.24) is 5.32 Å². The number of piperidine rings is 1. The Hall–Kier alpha value is -1.06. The van der Waals surface area contributed by atoms with E-state index in [0.29, 0.717) is 18.3 Å². The molecule has 0 radical (unpaired) electrons. The van der Waals surface area contributed by atoms with Gasteiger partial charge < -0.3 is 10.6 Å². The molecule has 1 aliphatic rings. The lowest BCUT2D eigenvalue weighted by molar-refractivity contribution is -0.117. The Bertz CT molecular complexity index is 428. The first-order valence-corrected chi connectivity index (χ1v) is 7.25. The van der Waals surface area contributed by atoms with E-state index in [1.165, 1.54) is 5.56 Å². The van der Waals surface area contributed by atoms with E-state index in [4.69, 9.17) is 0 Å². The van der Waals surface area contributed by atoms with Crippen molar-refractivity contribution in [2.45, 2.75) is 39.0 Å². The number of nitrogens with one attached hydrogen (secondary N) is 2. The van der Waals surface area contributed by atoms with E-state index in [1.807, 2.05) is 12.1 Å². The molecule has 0 aliphatic carbocycles. The summed E-state index contributed by atoms with van der Waals surface area (Å²) in [4.78, 5) is 12.0. The van der Waals surface area contributed by atoms with Crippen LogP contribution in [0.5, 0.6) is 0 Å². The summed E-state index contributed by atoms with van der Waals surface area (Å²) in [5, 5.41) is 6.35. The molecule has 0 unspecified atom stereocenters. The van der Waals surface area contributed by atoms with Gasteiger partial charge in [-0.3, -0.25) is 4.79 Å². The van der Waals surface area contributed by atoms with Gasteiger partial charge in [0, 0.05) is 12.1 Å². The van der Waals surface area contributed by atoms with Crippen LogP contribution in [-0.4, -0.2) is 19.0 Å². The van der Waals surface area contributed by atoms with Gasteiger partial charge in [-0.1, -0.05) is 26.0 Å². The lowest BCUT2D eigenvalue weighted by Crippen LogP contribution is -2.30. The molecule has 2 rings (SSSR count). The minimum atomic E-state index is 0. The quantitative estimate of drug-likeness (QED) is 0.892. The third kappa shape index (κ3) is 5.14. The standard InChI is InChI=1S/C16H24N2O.ClH/c1-12(2)14-4-3-5-15(11-14)18-16(19)10-13-6-8-17-9-7-13;/h3-5,11-13,17H,6-10H2,1-2H3,(H,18,19);1H. The van der Waals surface area contributed by atoms with E-state index in [9.17, 15) is 4.79 Å². The van der Waals surface area contributed by atoms with Gasteiger partial charge in [-0.2, -0.15) is 0 Å². The molecule has 1 aliphatic heterocycles. The number of rotatable bonds is 4. The van der Waals surface area contributed by atoms with E-state index >= 15 is 0 Å². The van der Waals surface area contributed by atoms with Crippen LogP contribution < -0.4 is 10.6 Å². The zero-order chi connectivity index (χ0) is 13.7. The zero-order valence-electron chi connectivity index (χ0n) is 12.3. The Morgan fingerprint density at radius 1 is 1.35 bits per heavy atom. The summed E-state index contributed by atoms with van der Waals surface area (Å²) in [6.45, 7) is 6.41. The summed E-state index contributed by atoms with van der Waals surface area (Å²) in [5.74, 6) is 1.17. The molecule has 4 heteroatoms. The van der Waals surface area contributed by atoms with Gasteiger partial charge >= 0.3 is 0 Å². The number of carbonyl (C=O) groups is 1. The van der Waals surface area contributed by atoms with Crippen LogP contribution in [0.4, 0.5) is 5.69 Å². The van der Waals surface area contributed by atoms with Gasteiger partial charge in [0.25, 0.3) is 0 Å². The summed E-state index contributed by atoms with van der Waals surface area (Å²) < 4.78 is 0. The Balaban J connectivity index is 0.00000200. The molecule has 20 heavy (non-hydrogen) atoms. The van der Waals surface area contributed by atoms with Crippen molar-refractivity contribution in [3.63, 3.8) is 0 Å². The summed E-state index contributed by atoms with van der Waals surface area (Å²) in [6, 6.07) is 8.15. The van der Waals surface area contributed by atoms with E-state index in [-0.39, 0.29) is 18.3 Å². The van der Waals surface area contributed by atoms with E-state index in [2.05, 4.69) is 36.6 Å². The minimum absolute atomic E-state index is 0. The number of carbonyl (C=O) groups excluding carboxylic acids is 1. The smallest absolute Gasteiger partial charge is 0.224 e. The molecule has 112 valence electrons. The van der Waals surface area contributed by atoms with Crippen molar-refractivity contribution < 1.29 is 4.79 Å². The SMILES string of the molecule is CC(C)c1cccc(NC(=O)CC2CCNCC2)c1.Cl. The molecule has 0 bridgehead atoms. The predicted molar refractivity (Wildman–Crippen MR) is 86.6 cm³/mol. The molecule has 3 nitrogen and oxygen atoms in total. The van der Waals surface area contributed by atoms with Crippen LogP contribution in [0.1, 0.15) is 44.6 Å². The molecule has 0 aromatic heterocycles. The maximum atomic E-state index is 12.0. The lowest BCUT2D eigenvalue weighted by atomic mass is 9.94. The summed E-state index contributed by atoms with van der Waals surface area (Å²) in [5.41, 5.74) is 2.19. The van der Waals surface area contributed by atoms with Gasteiger partial charge in [-0.25, -0.2) is 0 Å². The number of benzene rings is 1. The fourth-order valence-corrected chi connectivity index (χ4v) is 2.54. The highest BCUT2D eigenvalue weighted by atomic mass is 35.5. The molecule has 1 saturated heterocycles. The molecule has 0 spiro atoms. The molecule has 1 aromatic rings. The third-order valence-corrected chi connectivity index (χ3v) is 3.77. The van der Waals surface area contributed by atoms with Crippen molar-refractivity contribution in [1.29, 1.82) is 0 Å². The molecule has 1 fully saturated rings. The van der Waals surface area contributed by atoms with Crippen LogP contribution in [0.3, 0.4) is 0 Å². The normalized spacial score (nSPS) is 15.8. The Kier molecular flexibility index (Phi) is 7.03. The average molecular weight is 297 g/mol. The largest absolute Gasteiger partial charge is 0.326 e. The van der Waals surface area contributed by atoms with E-state index in [1.54, 1.807) is 0 Å². The number of anilines is 1. The second kappa shape index (κ2) is 8.28. The topological polar surface area (TPSA) is 41.1 Å². The summed E-state index contributed by atoms with van der Waals surface area (Å²) >= 11 is 0. The molecule has 1 heterocycles. The fraction of sp³-hybridized carbons (Fsp3) is 0.562. The summed E-state index contributed by atoms with van der Waals surface area (Å²) in [7, 11) is 0. The number of amides is 1. The number of hydrogen-bond donors (Lipinski definition) is 2.